The lowest BCUT2D eigenvalue weighted by Gasteiger charge is -1.89. The van der Waals surface area contributed by atoms with Gasteiger partial charge in [0.2, 0.25) is 0 Å². The van der Waals surface area contributed by atoms with E-state index in [-0.39, 0.29) is 55.0 Å². The van der Waals surface area contributed by atoms with E-state index in [2.05, 4.69) is 28.4 Å². The molecule has 0 aliphatic carbocycles. The van der Waals surface area contributed by atoms with Crippen LogP contribution in [0.3, 0.4) is 0 Å². The first kappa shape index (κ1) is 63.0. The quantitative estimate of drug-likeness (QED) is 0.406. The third-order valence-electron chi connectivity index (χ3n) is 1.42. The topological polar surface area (TPSA) is 124 Å². The first-order valence-electron chi connectivity index (χ1n) is 6.76. The molecule has 0 spiro atoms. The van der Waals surface area contributed by atoms with Gasteiger partial charge in [-0.2, -0.15) is 0 Å². The minimum absolute atomic E-state index is 0. The molecule has 30 heavy (non-hydrogen) atoms. The fraction of sp³-hybridized carbons (Fsp3) is 0.800. The first-order chi connectivity index (χ1) is 11.6. The van der Waals surface area contributed by atoms with E-state index in [1.807, 2.05) is 0 Å². The summed E-state index contributed by atoms with van der Waals surface area (Å²) in [7, 11) is 9.84. The Balaban J connectivity index is -0.0000000203. The highest BCUT2D eigenvalue weighted by atomic mass is 16.7. The van der Waals surface area contributed by atoms with Crippen molar-refractivity contribution in [3.63, 3.8) is 0 Å². The van der Waals surface area contributed by atoms with Crippen LogP contribution in [0.15, 0.2) is 0 Å². The summed E-state index contributed by atoms with van der Waals surface area (Å²) in [5, 5.41) is 0. The Hall–Kier alpha value is -2.36. The average molecular weight is 453 g/mol. The van der Waals surface area contributed by atoms with Crippen molar-refractivity contribution in [2.75, 3.05) is 49.8 Å². The van der Waals surface area contributed by atoms with Gasteiger partial charge in [-0.3, -0.25) is 14.4 Å². The summed E-state index contributed by atoms with van der Waals surface area (Å²) in [5.74, 6) is -0.648. The van der Waals surface area contributed by atoms with Gasteiger partial charge in [0.25, 0.3) is 0 Å². The molecular weight excluding hydrogens is 400 g/mol. The minimum Gasteiger partial charge on any atom is -0.469 e. The summed E-state index contributed by atoms with van der Waals surface area (Å²) in [4.78, 5) is 38.9. The maximum atomic E-state index is 9.96. The zero-order chi connectivity index (χ0) is 21.3. The third-order valence-corrected chi connectivity index (χ3v) is 1.42. The van der Waals surface area contributed by atoms with Crippen molar-refractivity contribution < 1.29 is 47.6 Å². The molecule has 0 aromatic heterocycles. The molecule has 10 nitrogen and oxygen atoms in total. The Labute approximate surface area is 186 Å². The monoisotopic (exact) mass is 452 g/mol. The number of ether oxygens (including phenoxy) is 6. The molecule has 0 saturated heterocycles. The van der Waals surface area contributed by atoms with E-state index in [0.29, 0.717) is 6.42 Å². The van der Waals surface area contributed by atoms with E-state index in [4.69, 9.17) is 0 Å². The van der Waals surface area contributed by atoms with Crippen molar-refractivity contribution in [2.24, 2.45) is 0 Å². The second-order valence-electron chi connectivity index (χ2n) is 3.39. The summed E-state index contributed by atoms with van der Waals surface area (Å²) < 4.78 is 24.8. The van der Waals surface area contributed by atoms with E-state index < -0.39 is 6.16 Å². The predicted octanol–water partition coefficient (Wildman–Crippen LogP) is 4.77. The maximum Gasteiger partial charge on any atom is 0.507 e. The Kier molecular flexibility index (Phi) is 133. The molecule has 0 atom stereocenters. The second kappa shape index (κ2) is 63.3. The molecule has 0 radical (unpaired) electrons. The van der Waals surface area contributed by atoms with Crippen molar-refractivity contribution in [3.8, 4) is 0 Å². The van der Waals surface area contributed by atoms with Gasteiger partial charge in [-0.05, 0) is 0 Å². The van der Waals surface area contributed by atoms with Crippen LogP contribution >= 0.6 is 0 Å². The number of rotatable bonds is 1. The van der Waals surface area contributed by atoms with Crippen LogP contribution in [-0.4, -0.2) is 73.8 Å². The predicted molar refractivity (Wildman–Crippen MR) is 124 cm³/mol. The van der Waals surface area contributed by atoms with Crippen LogP contribution in [0.5, 0.6) is 0 Å². The Bertz CT molecular complexity index is 277. The van der Waals surface area contributed by atoms with Crippen LogP contribution < -0.4 is 0 Å². The Morgan fingerprint density at radius 3 is 0.733 bits per heavy atom. The minimum atomic E-state index is -0.657. The van der Waals surface area contributed by atoms with E-state index in [9.17, 15) is 19.2 Å². The molecule has 0 aromatic rings. The van der Waals surface area contributed by atoms with Crippen molar-refractivity contribution in [1.82, 2.24) is 0 Å². The van der Waals surface area contributed by atoms with Crippen molar-refractivity contribution in [3.05, 3.63) is 0 Å². The number of esters is 3. The molecule has 0 amide bonds. The highest BCUT2D eigenvalue weighted by Crippen LogP contribution is 1.76. The van der Waals surface area contributed by atoms with Crippen molar-refractivity contribution >= 4 is 24.1 Å². The van der Waals surface area contributed by atoms with Gasteiger partial charge in [0.1, 0.15) is 0 Å². The molecule has 0 aromatic carbocycles. The number of carbonyl (C=O) groups excluding carboxylic acids is 4. The van der Waals surface area contributed by atoms with Crippen LogP contribution in [0, 0.1) is 0 Å². The van der Waals surface area contributed by atoms with Crippen LogP contribution in [-0.2, 0) is 42.8 Å². The van der Waals surface area contributed by atoms with Crippen molar-refractivity contribution in [2.45, 2.75) is 64.3 Å². The van der Waals surface area contributed by atoms with Crippen molar-refractivity contribution in [1.29, 1.82) is 0 Å². The van der Waals surface area contributed by atoms with Gasteiger partial charge in [0.15, 0.2) is 0 Å². The SMILES string of the molecule is C.C.C.C.C.CCC(=O)OC.COC.COC(=O)OC.COC(C)=O.COC(C)=O. The highest BCUT2D eigenvalue weighted by Gasteiger charge is 1.89. The van der Waals surface area contributed by atoms with Gasteiger partial charge in [0.05, 0.1) is 35.5 Å². The smallest absolute Gasteiger partial charge is 0.469 e. The van der Waals surface area contributed by atoms with Crippen LogP contribution in [0.1, 0.15) is 64.3 Å². The molecule has 0 heterocycles. The number of hydrogen-bond donors (Lipinski definition) is 0. The number of methoxy groups -OCH3 is 6. The summed E-state index contributed by atoms with van der Waals surface area (Å²) in [5.41, 5.74) is 0. The first-order valence-corrected chi connectivity index (χ1v) is 6.76. The van der Waals surface area contributed by atoms with Crippen LogP contribution in [0.2, 0.25) is 0 Å². The molecule has 0 unspecified atom stereocenters. The maximum absolute atomic E-state index is 9.96. The second-order valence-corrected chi connectivity index (χ2v) is 3.39. The standard InChI is InChI=1S/C4H8O2.C3H6O3.2C3H6O2.C2H6O.5CH4/c1-3-4(5)6-2;1-5-3(4)6-2;2*1-3(4)5-2;1-3-2;;;;;/h3H2,1-2H3;1-2H3;2*1-2H3;1-2H3;5*1H4. The molecule has 0 rings (SSSR count). The molecule has 192 valence electrons. The zero-order valence-electron chi connectivity index (χ0n) is 16.8. The molecular formula is C20H52O10. The largest absolute Gasteiger partial charge is 0.507 e. The molecule has 0 aliphatic rings. The normalized spacial score (nSPS) is 5.80. The van der Waals surface area contributed by atoms with E-state index in [0.717, 1.165) is 0 Å². The average Bonchev–Trinajstić information content (AvgIpc) is 2.62. The van der Waals surface area contributed by atoms with Gasteiger partial charge >= 0.3 is 24.1 Å². The summed E-state index contributed by atoms with van der Waals surface area (Å²) >= 11 is 0. The third kappa shape index (κ3) is 168. The van der Waals surface area contributed by atoms with Gasteiger partial charge in [-0.1, -0.05) is 44.1 Å². The fourth-order valence-corrected chi connectivity index (χ4v) is 0.228. The van der Waals surface area contributed by atoms with Gasteiger partial charge in [-0.25, -0.2) is 4.79 Å². The molecule has 0 bridgehead atoms. The molecule has 0 fully saturated rings. The van der Waals surface area contributed by atoms with E-state index >= 15 is 0 Å². The van der Waals surface area contributed by atoms with E-state index in [1.165, 1.54) is 49.4 Å². The Morgan fingerprint density at radius 1 is 0.533 bits per heavy atom. The molecule has 0 N–H and O–H groups in total. The molecule has 0 saturated carbocycles. The summed E-state index contributed by atoms with van der Waals surface area (Å²) in [6.07, 6.45) is -0.189. The van der Waals surface area contributed by atoms with Crippen LogP contribution in [0.25, 0.3) is 0 Å². The van der Waals surface area contributed by atoms with E-state index in [1.54, 1.807) is 21.1 Å². The lowest BCUT2D eigenvalue weighted by atomic mass is 10.5. The zero-order valence-corrected chi connectivity index (χ0v) is 16.8. The summed E-state index contributed by atoms with van der Waals surface area (Å²) in [6.45, 7) is 4.48. The number of hydrogen-bond acceptors (Lipinski definition) is 10. The Morgan fingerprint density at radius 2 is 0.733 bits per heavy atom. The lowest BCUT2D eigenvalue weighted by Crippen LogP contribution is -1.97. The number of carbonyl (C=O) groups is 4. The lowest BCUT2D eigenvalue weighted by molar-refractivity contribution is -0.140. The van der Waals surface area contributed by atoms with Gasteiger partial charge in [0, 0.05) is 34.5 Å². The molecule has 10 heteroatoms. The van der Waals surface area contributed by atoms with Gasteiger partial charge in [-0.15, -0.1) is 0 Å². The van der Waals surface area contributed by atoms with Gasteiger partial charge < -0.3 is 28.4 Å². The fourth-order valence-electron chi connectivity index (χ4n) is 0.228. The summed E-state index contributed by atoms with van der Waals surface area (Å²) in [6, 6.07) is 0. The molecule has 0 aliphatic heterocycles. The van der Waals surface area contributed by atoms with Crippen LogP contribution in [0.4, 0.5) is 4.79 Å². The highest BCUT2D eigenvalue weighted by molar-refractivity contribution is 5.68.